The van der Waals surface area contributed by atoms with E-state index in [0.717, 1.165) is 5.56 Å². The summed E-state index contributed by atoms with van der Waals surface area (Å²) in [6.45, 7) is 2.29. The van der Waals surface area contributed by atoms with Crippen LogP contribution in [-0.4, -0.2) is 43.0 Å². The lowest BCUT2D eigenvalue weighted by molar-refractivity contribution is 0.0513. The number of benzene rings is 1. The molecule has 2 heterocycles. The molecule has 1 N–H and O–H groups in total. The lowest BCUT2D eigenvalue weighted by Gasteiger charge is -2.01. The van der Waals surface area contributed by atoms with Gasteiger partial charge in [0.25, 0.3) is 5.91 Å². The Kier molecular flexibility index (Phi) is 5.25. The van der Waals surface area contributed by atoms with Crippen LogP contribution in [0, 0.1) is 5.82 Å². The van der Waals surface area contributed by atoms with Crippen LogP contribution < -0.4 is 5.32 Å². The summed E-state index contributed by atoms with van der Waals surface area (Å²) in [5, 5.41) is 10.7. The zero-order valence-electron chi connectivity index (χ0n) is 14.7. The van der Waals surface area contributed by atoms with E-state index in [4.69, 9.17) is 4.74 Å². The van der Waals surface area contributed by atoms with E-state index >= 15 is 0 Å². The minimum atomic E-state index is -0.562. The molecule has 0 aliphatic carbocycles. The fraction of sp³-hybridized carbons (Fsp3) is 0.235. The third kappa shape index (κ3) is 4.35. The number of hydrogen-bond donors (Lipinski definition) is 1. The molecule has 0 aliphatic rings. The first-order valence-electron chi connectivity index (χ1n) is 8.12. The third-order valence-corrected chi connectivity index (χ3v) is 3.62. The van der Waals surface area contributed by atoms with Gasteiger partial charge in [0.15, 0.2) is 5.69 Å². The number of aryl methyl sites for hydroxylation is 1. The molecule has 27 heavy (non-hydrogen) atoms. The number of carbonyl (C=O) groups is 2. The molecule has 0 aliphatic heterocycles. The Morgan fingerprint density at radius 3 is 2.67 bits per heavy atom. The molecule has 0 bridgehead atoms. The highest BCUT2D eigenvalue weighted by Gasteiger charge is 2.19. The van der Waals surface area contributed by atoms with Gasteiger partial charge in [0.2, 0.25) is 5.95 Å². The second-order valence-corrected chi connectivity index (χ2v) is 5.61. The molecule has 0 radical (unpaired) electrons. The second-order valence-electron chi connectivity index (χ2n) is 5.61. The van der Waals surface area contributed by atoms with Crippen molar-refractivity contribution in [3.8, 4) is 0 Å². The van der Waals surface area contributed by atoms with Crippen LogP contribution in [0.5, 0.6) is 0 Å². The standard InChI is InChI=1S/C17H17FN6O3/c1-3-27-16(26)14-8-13(21-23(14)2)15(25)20-17-19-10-24(22-17)9-11-4-6-12(18)7-5-11/h4-8,10H,3,9H2,1-2H3,(H,20,22,25). The third-order valence-electron chi connectivity index (χ3n) is 3.62. The summed E-state index contributed by atoms with van der Waals surface area (Å²) in [5.74, 6) is -1.35. The average Bonchev–Trinajstić information content (AvgIpc) is 3.23. The largest absolute Gasteiger partial charge is 0.461 e. The summed E-state index contributed by atoms with van der Waals surface area (Å²) in [4.78, 5) is 28.1. The van der Waals surface area contributed by atoms with Gasteiger partial charge in [-0.25, -0.2) is 18.9 Å². The first-order chi connectivity index (χ1) is 13.0. The van der Waals surface area contributed by atoms with E-state index in [-0.39, 0.29) is 29.8 Å². The number of amides is 1. The Labute approximate surface area is 153 Å². The highest BCUT2D eigenvalue weighted by molar-refractivity contribution is 6.03. The van der Waals surface area contributed by atoms with E-state index in [1.807, 2.05) is 0 Å². The van der Waals surface area contributed by atoms with Crippen LogP contribution in [0.15, 0.2) is 36.7 Å². The Morgan fingerprint density at radius 1 is 1.22 bits per heavy atom. The van der Waals surface area contributed by atoms with Crippen LogP contribution in [0.2, 0.25) is 0 Å². The molecule has 2 aromatic heterocycles. The fourth-order valence-electron chi connectivity index (χ4n) is 2.34. The lowest BCUT2D eigenvalue weighted by Crippen LogP contribution is -2.14. The highest BCUT2D eigenvalue weighted by Crippen LogP contribution is 2.09. The molecule has 0 atom stereocenters. The first kappa shape index (κ1) is 18.2. The number of hydrogen-bond acceptors (Lipinski definition) is 6. The van der Waals surface area contributed by atoms with Gasteiger partial charge in [-0.05, 0) is 24.6 Å². The normalized spacial score (nSPS) is 10.6. The number of nitrogens with one attached hydrogen (secondary N) is 1. The molecule has 1 aromatic carbocycles. The SMILES string of the molecule is CCOC(=O)c1cc(C(=O)Nc2ncn(Cc3ccc(F)cc3)n2)nn1C. The maximum absolute atomic E-state index is 12.9. The van der Waals surface area contributed by atoms with Crippen LogP contribution >= 0.6 is 0 Å². The zero-order valence-corrected chi connectivity index (χ0v) is 14.7. The molecule has 140 valence electrons. The number of anilines is 1. The van der Waals surface area contributed by atoms with Crippen LogP contribution in [0.4, 0.5) is 10.3 Å². The molecule has 3 aromatic rings. The topological polar surface area (TPSA) is 104 Å². The maximum Gasteiger partial charge on any atom is 0.356 e. The number of esters is 1. The molecule has 0 saturated heterocycles. The molecule has 9 nitrogen and oxygen atoms in total. The minimum Gasteiger partial charge on any atom is -0.461 e. The molecule has 10 heteroatoms. The van der Waals surface area contributed by atoms with Gasteiger partial charge in [-0.1, -0.05) is 12.1 Å². The van der Waals surface area contributed by atoms with Gasteiger partial charge in [0.05, 0.1) is 13.2 Å². The molecular weight excluding hydrogens is 355 g/mol. The average molecular weight is 372 g/mol. The van der Waals surface area contributed by atoms with E-state index < -0.39 is 11.9 Å². The number of nitrogens with zero attached hydrogens (tertiary/aromatic N) is 5. The van der Waals surface area contributed by atoms with Crippen molar-refractivity contribution >= 4 is 17.8 Å². The van der Waals surface area contributed by atoms with Gasteiger partial charge < -0.3 is 4.74 Å². The Balaban J connectivity index is 1.66. The summed E-state index contributed by atoms with van der Waals surface area (Å²) >= 11 is 0. The lowest BCUT2D eigenvalue weighted by atomic mass is 10.2. The quantitative estimate of drug-likeness (QED) is 0.660. The summed E-state index contributed by atoms with van der Waals surface area (Å²) in [6, 6.07) is 7.33. The smallest absolute Gasteiger partial charge is 0.356 e. The van der Waals surface area contributed by atoms with Crippen molar-refractivity contribution < 1.29 is 18.7 Å². The Bertz CT molecular complexity index is 963. The van der Waals surface area contributed by atoms with Crippen molar-refractivity contribution in [1.82, 2.24) is 24.5 Å². The van der Waals surface area contributed by atoms with Crippen molar-refractivity contribution in [2.45, 2.75) is 13.5 Å². The predicted molar refractivity (Wildman–Crippen MR) is 92.6 cm³/mol. The van der Waals surface area contributed by atoms with Gasteiger partial charge in [-0.15, -0.1) is 5.10 Å². The molecule has 3 rings (SSSR count). The monoisotopic (exact) mass is 372 g/mol. The molecule has 1 amide bonds. The summed E-state index contributed by atoms with van der Waals surface area (Å²) < 4.78 is 20.6. The predicted octanol–water partition coefficient (Wildman–Crippen LogP) is 1.63. The van der Waals surface area contributed by atoms with Gasteiger partial charge in [0, 0.05) is 13.1 Å². The second kappa shape index (κ2) is 7.77. The van der Waals surface area contributed by atoms with Crippen LogP contribution in [0.25, 0.3) is 0 Å². The maximum atomic E-state index is 12.9. The van der Waals surface area contributed by atoms with Crippen molar-refractivity contribution in [3.05, 3.63) is 59.4 Å². The summed E-state index contributed by atoms with van der Waals surface area (Å²) in [7, 11) is 1.54. The van der Waals surface area contributed by atoms with E-state index in [1.54, 1.807) is 26.1 Å². The highest BCUT2D eigenvalue weighted by atomic mass is 19.1. The molecule has 0 spiro atoms. The van der Waals surface area contributed by atoms with Gasteiger partial charge in [-0.3, -0.25) is 14.8 Å². The van der Waals surface area contributed by atoms with Crippen molar-refractivity contribution in [3.63, 3.8) is 0 Å². The molecular formula is C17H17FN6O3. The van der Waals surface area contributed by atoms with Gasteiger partial charge in [0.1, 0.15) is 17.8 Å². The number of aromatic nitrogens is 5. The number of carbonyl (C=O) groups excluding carboxylic acids is 2. The van der Waals surface area contributed by atoms with Crippen LogP contribution in [-0.2, 0) is 18.3 Å². The summed E-state index contributed by atoms with van der Waals surface area (Å²) in [6.07, 6.45) is 1.45. The van der Waals surface area contributed by atoms with E-state index in [0.29, 0.717) is 6.54 Å². The first-order valence-corrected chi connectivity index (χ1v) is 8.12. The van der Waals surface area contributed by atoms with Crippen LogP contribution in [0.3, 0.4) is 0 Å². The summed E-state index contributed by atoms with van der Waals surface area (Å²) in [5.41, 5.74) is 1.04. The van der Waals surface area contributed by atoms with Gasteiger partial charge >= 0.3 is 5.97 Å². The number of ether oxygens (including phenoxy) is 1. The zero-order chi connectivity index (χ0) is 19.4. The van der Waals surface area contributed by atoms with Crippen molar-refractivity contribution in [2.24, 2.45) is 7.05 Å². The van der Waals surface area contributed by atoms with E-state index in [1.165, 1.54) is 33.9 Å². The van der Waals surface area contributed by atoms with Gasteiger partial charge in [-0.2, -0.15) is 5.10 Å². The van der Waals surface area contributed by atoms with E-state index in [9.17, 15) is 14.0 Å². The fourth-order valence-corrected chi connectivity index (χ4v) is 2.34. The van der Waals surface area contributed by atoms with Crippen LogP contribution in [0.1, 0.15) is 33.5 Å². The molecule has 0 saturated carbocycles. The van der Waals surface area contributed by atoms with Crippen molar-refractivity contribution in [1.29, 1.82) is 0 Å². The molecule has 0 unspecified atom stereocenters. The Morgan fingerprint density at radius 2 is 1.96 bits per heavy atom. The number of halogens is 1. The Hall–Kier alpha value is -3.56. The van der Waals surface area contributed by atoms with E-state index in [2.05, 4.69) is 20.5 Å². The van der Waals surface area contributed by atoms with Crippen molar-refractivity contribution in [2.75, 3.05) is 11.9 Å². The minimum absolute atomic E-state index is 0.0374. The number of rotatable bonds is 6. The molecule has 0 fully saturated rings.